The van der Waals surface area contributed by atoms with Crippen LogP contribution >= 0.6 is 0 Å². The molecule has 0 aromatic rings. The van der Waals surface area contributed by atoms with Gasteiger partial charge in [0, 0.05) is 0 Å². The van der Waals surface area contributed by atoms with Crippen molar-refractivity contribution in [3.8, 4) is 0 Å². The Kier molecular flexibility index (Phi) is 8.30. The van der Waals surface area contributed by atoms with Gasteiger partial charge in [0.2, 0.25) is 0 Å². The van der Waals surface area contributed by atoms with Crippen LogP contribution in [0.1, 0.15) is 12.8 Å². The third-order valence-corrected chi connectivity index (χ3v) is 2.08. The number of hydrogen-bond donors (Lipinski definition) is 3. The molecule has 11 heavy (non-hydrogen) atoms. The number of nitrogens with two attached hydrogens (primary N) is 2. The first-order valence-corrected chi connectivity index (χ1v) is 4.40. The van der Waals surface area contributed by atoms with Crippen molar-refractivity contribution in [3.63, 3.8) is 0 Å². The summed E-state index contributed by atoms with van der Waals surface area (Å²) in [4.78, 5) is 0. The second-order valence-electron chi connectivity index (χ2n) is 1.98. The van der Waals surface area contributed by atoms with Crippen molar-refractivity contribution in [1.82, 2.24) is 0 Å². The van der Waals surface area contributed by atoms with Crippen LogP contribution in [-0.2, 0) is 10.1 Å². The Bertz CT molecular complexity index is 182. The van der Waals surface area contributed by atoms with Gasteiger partial charge in [-0.05, 0) is 19.4 Å². The molecule has 7 heteroatoms. The molecule has 0 amide bonds. The SMILES string of the molecule is NCCCC(N)S(=O)(=O)O.[NaH]. The van der Waals surface area contributed by atoms with E-state index in [4.69, 9.17) is 16.0 Å². The third kappa shape index (κ3) is 7.20. The van der Waals surface area contributed by atoms with Gasteiger partial charge in [0.15, 0.2) is 0 Å². The van der Waals surface area contributed by atoms with Crippen LogP contribution in [0.3, 0.4) is 0 Å². The zero-order chi connectivity index (χ0) is 8.20. The van der Waals surface area contributed by atoms with E-state index < -0.39 is 15.5 Å². The minimum atomic E-state index is -4.05. The molecule has 0 aromatic heterocycles. The van der Waals surface area contributed by atoms with E-state index in [1.807, 2.05) is 0 Å². The summed E-state index contributed by atoms with van der Waals surface area (Å²) in [5.74, 6) is 0. The Labute approximate surface area is 88.6 Å². The van der Waals surface area contributed by atoms with E-state index in [9.17, 15) is 8.42 Å². The van der Waals surface area contributed by atoms with Gasteiger partial charge in [-0.1, -0.05) is 0 Å². The summed E-state index contributed by atoms with van der Waals surface area (Å²) in [7, 11) is -4.05. The van der Waals surface area contributed by atoms with Gasteiger partial charge >= 0.3 is 29.6 Å². The van der Waals surface area contributed by atoms with E-state index in [0.717, 1.165) is 0 Å². The Morgan fingerprint density at radius 2 is 1.91 bits per heavy atom. The first-order chi connectivity index (χ1) is 4.48. The van der Waals surface area contributed by atoms with Crippen molar-refractivity contribution in [2.45, 2.75) is 18.2 Å². The topological polar surface area (TPSA) is 106 Å². The molecule has 0 heterocycles. The second-order valence-corrected chi connectivity index (χ2v) is 3.62. The molecule has 5 nitrogen and oxygen atoms in total. The number of rotatable bonds is 4. The normalized spacial score (nSPS) is 13.7. The molecule has 64 valence electrons. The van der Waals surface area contributed by atoms with Crippen LogP contribution in [0.15, 0.2) is 0 Å². The molecule has 1 unspecified atom stereocenters. The van der Waals surface area contributed by atoms with Crippen LogP contribution in [0, 0.1) is 0 Å². The fourth-order valence-corrected chi connectivity index (χ4v) is 0.932. The Morgan fingerprint density at radius 3 is 2.18 bits per heavy atom. The fourth-order valence-electron chi connectivity index (χ4n) is 0.468. The maximum atomic E-state index is 10.2. The molecule has 0 bridgehead atoms. The van der Waals surface area contributed by atoms with Crippen LogP contribution < -0.4 is 11.5 Å². The van der Waals surface area contributed by atoms with E-state index >= 15 is 0 Å². The van der Waals surface area contributed by atoms with Crippen LogP contribution in [0.5, 0.6) is 0 Å². The molecule has 0 rings (SSSR count). The van der Waals surface area contributed by atoms with Gasteiger partial charge in [0.25, 0.3) is 10.1 Å². The summed E-state index contributed by atoms with van der Waals surface area (Å²) in [6, 6.07) is 0. The average Bonchev–Trinajstić information content (AvgIpc) is 1.80. The third-order valence-electron chi connectivity index (χ3n) is 1.08. The number of hydrogen-bond acceptors (Lipinski definition) is 4. The molecular weight excluding hydrogens is 179 g/mol. The molecule has 0 aliphatic heterocycles. The standard InChI is InChI=1S/C4H12N2O3S.Na.H/c5-3-1-2-4(6)10(7,8)9;;/h4H,1-3,5-6H2,(H,7,8,9);;. The average molecular weight is 192 g/mol. The molecule has 0 fully saturated rings. The zero-order valence-corrected chi connectivity index (χ0v) is 6.34. The van der Waals surface area contributed by atoms with Crippen LogP contribution in [0.25, 0.3) is 0 Å². The first-order valence-electron chi connectivity index (χ1n) is 2.90. The van der Waals surface area contributed by atoms with Gasteiger partial charge in [-0.2, -0.15) is 8.42 Å². The fraction of sp³-hybridized carbons (Fsp3) is 1.00. The molecule has 0 saturated heterocycles. The van der Waals surface area contributed by atoms with Crippen LogP contribution in [0.4, 0.5) is 0 Å². The quantitative estimate of drug-likeness (QED) is 0.362. The monoisotopic (exact) mass is 192 g/mol. The minimum absolute atomic E-state index is 0. The van der Waals surface area contributed by atoms with Crippen molar-refractivity contribution in [1.29, 1.82) is 0 Å². The van der Waals surface area contributed by atoms with Gasteiger partial charge in [0.1, 0.15) is 5.37 Å². The van der Waals surface area contributed by atoms with Gasteiger partial charge in [-0.25, -0.2) is 0 Å². The summed E-state index contributed by atoms with van der Waals surface area (Å²) in [6.07, 6.45) is 0.705. The van der Waals surface area contributed by atoms with Crippen molar-refractivity contribution >= 4 is 39.7 Å². The van der Waals surface area contributed by atoms with E-state index in [-0.39, 0.29) is 36.0 Å². The van der Waals surface area contributed by atoms with Crippen molar-refractivity contribution < 1.29 is 13.0 Å². The predicted octanol–water partition coefficient (Wildman–Crippen LogP) is -1.75. The molecular formula is C4H13N2NaO3S. The Hall–Kier alpha value is 0.830. The van der Waals surface area contributed by atoms with Crippen molar-refractivity contribution in [2.75, 3.05) is 6.54 Å². The molecule has 1 atom stereocenters. The summed E-state index contributed by atoms with van der Waals surface area (Å²) in [5, 5.41) is -1.18. The van der Waals surface area contributed by atoms with Crippen LogP contribution in [0.2, 0.25) is 0 Å². The van der Waals surface area contributed by atoms with Crippen LogP contribution in [-0.4, -0.2) is 54.4 Å². The van der Waals surface area contributed by atoms with E-state index in [2.05, 4.69) is 0 Å². The Balaban J connectivity index is 0. The molecule has 5 N–H and O–H groups in total. The molecule has 0 aliphatic carbocycles. The van der Waals surface area contributed by atoms with Gasteiger partial charge in [0.05, 0.1) is 0 Å². The maximum absolute atomic E-state index is 10.2. The molecule has 0 saturated carbocycles. The van der Waals surface area contributed by atoms with E-state index in [0.29, 0.717) is 13.0 Å². The van der Waals surface area contributed by atoms with Crippen molar-refractivity contribution in [2.24, 2.45) is 11.5 Å². The molecule has 0 radical (unpaired) electrons. The summed E-state index contributed by atoms with van der Waals surface area (Å²) in [5.41, 5.74) is 10.1. The molecule has 0 aliphatic rings. The second kappa shape index (κ2) is 6.36. The van der Waals surface area contributed by atoms with E-state index in [1.165, 1.54) is 0 Å². The molecule has 0 aromatic carbocycles. The van der Waals surface area contributed by atoms with Gasteiger partial charge < -0.3 is 11.5 Å². The van der Waals surface area contributed by atoms with E-state index in [1.54, 1.807) is 0 Å². The predicted molar refractivity (Wildman–Crippen MR) is 45.0 cm³/mol. The van der Waals surface area contributed by atoms with Crippen molar-refractivity contribution in [3.05, 3.63) is 0 Å². The van der Waals surface area contributed by atoms with Gasteiger partial charge in [-0.15, -0.1) is 0 Å². The Morgan fingerprint density at radius 1 is 1.45 bits per heavy atom. The first kappa shape index (κ1) is 14.4. The summed E-state index contributed by atoms with van der Waals surface area (Å²) >= 11 is 0. The van der Waals surface area contributed by atoms with Gasteiger partial charge in [-0.3, -0.25) is 4.55 Å². The summed E-state index contributed by atoms with van der Waals surface area (Å²) < 4.78 is 28.8. The summed E-state index contributed by atoms with van der Waals surface area (Å²) in [6.45, 7) is 0.378. The zero-order valence-electron chi connectivity index (χ0n) is 5.53. The molecule has 0 spiro atoms.